The molecule has 1 fully saturated rings. The highest BCUT2D eigenvalue weighted by atomic mass is 32.2. The van der Waals surface area contributed by atoms with E-state index in [2.05, 4.69) is 25.1 Å². The van der Waals surface area contributed by atoms with Gasteiger partial charge in [0.1, 0.15) is 0 Å². The Morgan fingerprint density at radius 3 is 2.71 bits per heavy atom. The fraction of sp³-hybridized carbons (Fsp3) is 0.632. The van der Waals surface area contributed by atoms with Crippen LogP contribution in [0.2, 0.25) is 0 Å². The first-order valence-electron chi connectivity index (χ1n) is 8.86. The number of carbonyl (C=O) groups is 1. The van der Waals surface area contributed by atoms with Crippen LogP contribution in [-0.4, -0.2) is 44.1 Å². The summed E-state index contributed by atoms with van der Waals surface area (Å²) in [5, 5.41) is 0.442. The second-order valence-corrected chi connectivity index (χ2v) is 8.16. The van der Waals surface area contributed by atoms with Gasteiger partial charge in [0.15, 0.2) is 0 Å². The van der Waals surface area contributed by atoms with Crippen molar-refractivity contribution in [1.29, 1.82) is 0 Å². The van der Waals surface area contributed by atoms with Gasteiger partial charge in [0.05, 0.1) is 25.0 Å². The quantitative estimate of drug-likeness (QED) is 0.759. The minimum atomic E-state index is 0.135. The van der Waals surface area contributed by atoms with Crippen LogP contribution < -0.4 is 4.90 Å². The number of ether oxygens (including phenoxy) is 2. The maximum absolute atomic E-state index is 13.1. The summed E-state index contributed by atoms with van der Waals surface area (Å²) in [6.07, 6.45) is 4.08. The van der Waals surface area contributed by atoms with Gasteiger partial charge < -0.3 is 14.4 Å². The van der Waals surface area contributed by atoms with E-state index in [0.29, 0.717) is 24.4 Å². The molecule has 1 saturated carbocycles. The smallest absolute Gasteiger partial charge is 0.230 e. The average molecular weight is 349 g/mol. The maximum Gasteiger partial charge on any atom is 0.230 e. The molecule has 1 aliphatic carbocycles. The summed E-state index contributed by atoms with van der Waals surface area (Å²) >= 11 is 1.87. The van der Waals surface area contributed by atoms with Gasteiger partial charge in [0.25, 0.3) is 0 Å². The Labute approximate surface area is 148 Å². The number of hydrogen-bond acceptors (Lipinski definition) is 4. The number of carbonyl (C=O) groups excluding carboxylic acids is 1. The molecule has 0 unspecified atom stereocenters. The highest BCUT2D eigenvalue weighted by molar-refractivity contribution is 8.00. The first-order chi connectivity index (χ1) is 11.7. The van der Waals surface area contributed by atoms with Crippen LogP contribution >= 0.6 is 11.8 Å². The van der Waals surface area contributed by atoms with Gasteiger partial charge in [-0.05, 0) is 37.8 Å². The molecule has 2 aliphatic rings. The molecule has 4 nitrogen and oxygen atoms in total. The number of thioether (sulfide) groups is 1. The summed E-state index contributed by atoms with van der Waals surface area (Å²) in [6, 6.07) is 8.27. The monoisotopic (exact) mass is 349 g/mol. The molecular formula is C19H27NO3S. The third kappa shape index (κ3) is 4.13. The maximum atomic E-state index is 13.1. The molecule has 3 rings (SSSR count). The van der Waals surface area contributed by atoms with Gasteiger partial charge in [-0.1, -0.05) is 19.1 Å². The second-order valence-electron chi connectivity index (χ2n) is 6.68. The fourth-order valence-electron chi connectivity index (χ4n) is 3.59. The average Bonchev–Trinajstić information content (AvgIpc) is 2.61. The molecule has 24 heavy (non-hydrogen) atoms. The summed E-state index contributed by atoms with van der Waals surface area (Å²) in [5.74, 6) is 0.431. The molecule has 1 aromatic rings. The molecular weight excluding hydrogens is 322 g/mol. The van der Waals surface area contributed by atoms with E-state index in [0.717, 1.165) is 37.9 Å². The minimum Gasteiger partial charge on any atom is -0.382 e. The van der Waals surface area contributed by atoms with E-state index in [1.807, 2.05) is 22.7 Å². The lowest BCUT2D eigenvalue weighted by Crippen LogP contribution is -2.43. The molecule has 1 amide bonds. The molecule has 132 valence electrons. The van der Waals surface area contributed by atoms with Gasteiger partial charge in [0.2, 0.25) is 5.91 Å². The van der Waals surface area contributed by atoms with Crippen LogP contribution in [-0.2, 0) is 14.3 Å². The van der Waals surface area contributed by atoms with Crippen LogP contribution in [0.25, 0.3) is 0 Å². The Morgan fingerprint density at radius 1 is 1.21 bits per heavy atom. The molecule has 0 saturated heterocycles. The van der Waals surface area contributed by atoms with Crippen LogP contribution in [0.15, 0.2) is 29.2 Å². The number of amides is 1. The number of nitrogens with zero attached hydrogens (tertiary/aromatic N) is 1. The zero-order valence-electron chi connectivity index (χ0n) is 14.6. The van der Waals surface area contributed by atoms with Gasteiger partial charge in [-0.2, -0.15) is 0 Å². The lowest BCUT2D eigenvalue weighted by molar-refractivity contribution is -0.124. The topological polar surface area (TPSA) is 38.8 Å². The molecule has 0 N–H and O–H groups in total. The van der Waals surface area contributed by atoms with E-state index in [9.17, 15) is 4.79 Å². The number of benzene rings is 1. The van der Waals surface area contributed by atoms with Crippen molar-refractivity contribution in [3.63, 3.8) is 0 Å². The zero-order chi connectivity index (χ0) is 16.9. The molecule has 0 spiro atoms. The molecule has 0 aromatic heterocycles. The molecule has 1 heterocycles. The largest absolute Gasteiger partial charge is 0.382 e. The lowest BCUT2D eigenvalue weighted by atomic mass is 9.86. The van der Waals surface area contributed by atoms with Crippen LogP contribution in [0, 0.1) is 5.92 Å². The van der Waals surface area contributed by atoms with E-state index >= 15 is 0 Å². The summed E-state index contributed by atoms with van der Waals surface area (Å²) in [4.78, 5) is 16.3. The highest BCUT2D eigenvalue weighted by Crippen LogP contribution is 2.40. The third-order valence-corrected chi connectivity index (χ3v) is 6.00. The molecule has 0 radical (unpaired) electrons. The summed E-state index contributed by atoms with van der Waals surface area (Å²) in [6.45, 7) is 4.29. The first-order valence-corrected chi connectivity index (χ1v) is 9.74. The Morgan fingerprint density at radius 2 is 1.96 bits per heavy atom. The van der Waals surface area contributed by atoms with Crippen LogP contribution in [0.4, 0.5) is 5.69 Å². The van der Waals surface area contributed by atoms with Crippen LogP contribution in [0.1, 0.15) is 32.6 Å². The van der Waals surface area contributed by atoms with E-state index in [1.165, 1.54) is 4.90 Å². The van der Waals surface area contributed by atoms with Gasteiger partial charge in [0, 0.05) is 29.7 Å². The normalized spacial score (nSPS) is 26.9. The van der Waals surface area contributed by atoms with E-state index in [1.54, 1.807) is 7.11 Å². The number of methoxy groups -OCH3 is 1. The van der Waals surface area contributed by atoms with Crippen molar-refractivity contribution in [2.24, 2.45) is 5.92 Å². The predicted octanol–water partition coefficient (Wildman–Crippen LogP) is 3.74. The van der Waals surface area contributed by atoms with Gasteiger partial charge in [-0.3, -0.25) is 4.79 Å². The third-order valence-electron chi connectivity index (χ3n) is 4.85. The van der Waals surface area contributed by atoms with Gasteiger partial charge in [-0.25, -0.2) is 0 Å². The number of fused-ring (bicyclic) bond motifs is 1. The van der Waals surface area contributed by atoms with Gasteiger partial charge in [-0.15, -0.1) is 11.8 Å². The van der Waals surface area contributed by atoms with Crippen molar-refractivity contribution in [3.05, 3.63) is 24.3 Å². The standard InChI is InChI=1S/C19H27NO3S/c1-14-13-20(17-5-3-4-6-18(17)24-14)19(21)15-7-9-16(10-8-15)23-12-11-22-2/h3-6,14-16H,7-13H2,1-2H3/t14-,15?,16?/m0/s1. The van der Waals surface area contributed by atoms with E-state index < -0.39 is 0 Å². The SMILES string of the molecule is COCCOC1CCC(C(=O)N2C[C@H](C)Sc3ccccc32)CC1. The number of anilines is 1. The zero-order valence-corrected chi connectivity index (χ0v) is 15.4. The molecule has 1 atom stereocenters. The highest BCUT2D eigenvalue weighted by Gasteiger charge is 2.33. The van der Waals surface area contributed by atoms with Crippen molar-refractivity contribution >= 4 is 23.4 Å². The van der Waals surface area contributed by atoms with Gasteiger partial charge >= 0.3 is 0 Å². The van der Waals surface area contributed by atoms with Crippen molar-refractivity contribution in [3.8, 4) is 0 Å². The summed E-state index contributed by atoms with van der Waals surface area (Å²) in [7, 11) is 1.69. The molecule has 0 bridgehead atoms. The Balaban J connectivity index is 1.60. The second kappa shape index (κ2) is 8.37. The number of rotatable bonds is 5. The van der Waals surface area contributed by atoms with Crippen molar-refractivity contribution in [1.82, 2.24) is 0 Å². The van der Waals surface area contributed by atoms with Crippen LogP contribution in [0.3, 0.4) is 0 Å². The Kier molecular flexibility index (Phi) is 6.19. The Hall–Kier alpha value is -1.04. The van der Waals surface area contributed by atoms with Crippen molar-refractivity contribution in [2.75, 3.05) is 31.8 Å². The molecule has 5 heteroatoms. The summed E-state index contributed by atoms with van der Waals surface area (Å²) < 4.78 is 10.8. The van der Waals surface area contributed by atoms with Crippen LogP contribution in [0.5, 0.6) is 0 Å². The Bertz CT molecular complexity index is 557. The summed E-state index contributed by atoms with van der Waals surface area (Å²) in [5.41, 5.74) is 1.09. The van der Waals surface area contributed by atoms with Crippen molar-refractivity contribution in [2.45, 2.75) is 48.9 Å². The number of hydrogen-bond donors (Lipinski definition) is 0. The molecule has 1 aliphatic heterocycles. The first kappa shape index (κ1) is 17.8. The van der Waals surface area contributed by atoms with E-state index in [-0.39, 0.29) is 12.0 Å². The minimum absolute atomic E-state index is 0.135. The lowest BCUT2D eigenvalue weighted by Gasteiger charge is -2.36. The van der Waals surface area contributed by atoms with E-state index in [4.69, 9.17) is 9.47 Å². The fourth-order valence-corrected chi connectivity index (χ4v) is 4.71. The van der Waals surface area contributed by atoms with Crippen molar-refractivity contribution < 1.29 is 14.3 Å². The predicted molar refractivity (Wildman–Crippen MR) is 97.7 cm³/mol. The molecule has 1 aromatic carbocycles. The number of para-hydroxylation sites is 1.